The first-order chi connectivity index (χ1) is 14.6. The Morgan fingerprint density at radius 2 is 1.68 bits per heavy atom. The number of ether oxygens (including phenoxy) is 1. The van der Waals surface area contributed by atoms with Gasteiger partial charge >= 0.3 is 5.97 Å². The SMILES string of the molecule is Cc1cc(NC(=O)COC(=O)CN2C(=O)[C@@H]3[C@H]4C[C@@H]([C@@H](Cl)[C@H]4Cl)[C@H]3C2=O)c(C)cc1Br. The van der Waals surface area contributed by atoms with Crippen molar-refractivity contribution in [2.45, 2.75) is 31.0 Å². The van der Waals surface area contributed by atoms with Crippen molar-refractivity contribution in [1.29, 1.82) is 0 Å². The van der Waals surface area contributed by atoms with E-state index < -0.39 is 48.7 Å². The highest BCUT2D eigenvalue weighted by Crippen LogP contribution is 2.59. The van der Waals surface area contributed by atoms with Crippen LogP contribution in [0, 0.1) is 37.5 Å². The van der Waals surface area contributed by atoms with Gasteiger partial charge in [-0.2, -0.15) is 0 Å². The zero-order valence-corrected chi connectivity index (χ0v) is 20.0. The first-order valence-electron chi connectivity index (χ1n) is 9.95. The molecule has 6 atom stereocenters. The van der Waals surface area contributed by atoms with Crippen LogP contribution in [0.2, 0.25) is 0 Å². The molecule has 3 amide bonds. The Morgan fingerprint density at radius 3 is 2.26 bits per heavy atom. The summed E-state index contributed by atoms with van der Waals surface area (Å²) in [5, 5.41) is 1.98. The van der Waals surface area contributed by atoms with E-state index in [0.717, 1.165) is 20.5 Å². The van der Waals surface area contributed by atoms with Crippen LogP contribution in [-0.2, 0) is 23.9 Å². The van der Waals surface area contributed by atoms with Gasteiger partial charge in [0.15, 0.2) is 6.61 Å². The van der Waals surface area contributed by atoms with E-state index in [1.807, 2.05) is 26.0 Å². The normalized spacial score (nSPS) is 31.2. The van der Waals surface area contributed by atoms with Crippen molar-refractivity contribution in [3.8, 4) is 0 Å². The largest absolute Gasteiger partial charge is 0.454 e. The number of alkyl halides is 2. The lowest BCUT2D eigenvalue weighted by molar-refractivity contribution is -0.154. The summed E-state index contributed by atoms with van der Waals surface area (Å²) in [6.45, 7) is 2.70. The highest BCUT2D eigenvalue weighted by Gasteiger charge is 2.66. The maximum absolute atomic E-state index is 12.8. The molecule has 166 valence electrons. The lowest BCUT2D eigenvalue weighted by Crippen LogP contribution is -2.38. The number of aryl methyl sites for hydroxylation is 2. The Hall–Kier alpha value is -1.64. The van der Waals surface area contributed by atoms with Crippen LogP contribution < -0.4 is 5.32 Å². The minimum absolute atomic E-state index is 0.153. The van der Waals surface area contributed by atoms with Gasteiger partial charge in [0.25, 0.3) is 5.91 Å². The molecule has 0 spiro atoms. The van der Waals surface area contributed by atoms with Crippen LogP contribution in [0.5, 0.6) is 0 Å². The summed E-state index contributed by atoms with van der Waals surface area (Å²) in [4.78, 5) is 50.9. The van der Waals surface area contributed by atoms with Gasteiger partial charge < -0.3 is 10.1 Å². The first kappa shape index (κ1) is 22.6. The fourth-order valence-electron chi connectivity index (χ4n) is 4.99. The molecule has 1 aliphatic heterocycles. The van der Waals surface area contributed by atoms with Gasteiger partial charge in [-0.15, -0.1) is 23.2 Å². The molecule has 0 radical (unpaired) electrons. The zero-order chi connectivity index (χ0) is 22.6. The minimum atomic E-state index is -0.822. The molecule has 10 heteroatoms. The minimum Gasteiger partial charge on any atom is -0.454 e. The second-order valence-corrected chi connectivity index (χ2v) is 10.3. The molecule has 0 aromatic heterocycles. The standard InChI is InChI=1S/C21H21BrCl2N2O5/c1-8-4-13(9(2)3-12(8)22)25-14(27)7-31-15(28)6-26-20(29)16-10-5-11(17(16)21(26)30)19(24)18(10)23/h3-4,10-11,16-19H,5-7H2,1-2H3,(H,25,27)/t10-,11-,16-,17-,18-,19+/m1/s1. The average molecular weight is 532 g/mol. The van der Waals surface area contributed by atoms with Gasteiger partial charge in [-0.05, 0) is 55.4 Å². The van der Waals surface area contributed by atoms with Crippen molar-refractivity contribution in [1.82, 2.24) is 4.90 Å². The first-order valence-corrected chi connectivity index (χ1v) is 11.6. The molecule has 0 unspecified atom stereocenters. The molecular weight excluding hydrogens is 511 g/mol. The predicted octanol–water partition coefficient (Wildman–Crippen LogP) is 3.01. The van der Waals surface area contributed by atoms with Gasteiger partial charge in [0, 0.05) is 10.2 Å². The number of hydrogen-bond donors (Lipinski definition) is 1. The number of rotatable bonds is 5. The van der Waals surface area contributed by atoms with E-state index in [-0.39, 0.29) is 22.6 Å². The quantitative estimate of drug-likeness (QED) is 0.358. The Labute approximate surface area is 197 Å². The fourth-order valence-corrected chi connectivity index (χ4v) is 6.34. The number of carbonyl (C=O) groups is 4. The summed E-state index contributed by atoms with van der Waals surface area (Å²) >= 11 is 16.1. The van der Waals surface area contributed by atoms with E-state index in [4.69, 9.17) is 27.9 Å². The van der Waals surface area contributed by atoms with Crippen molar-refractivity contribution in [3.05, 3.63) is 27.7 Å². The summed E-state index contributed by atoms with van der Waals surface area (Å²) in [5.74, 6) is -3.48. The lowest BCUT2D eigenvalue weighted by Gasteiger charge is -2.28. The molecule has 31 heavy (non-hydrogen) atoms. The Balaban J connectivity index is 1.33. The Bertz CT molecular complexity index is 955. The molecule has 2 bridgehead atoms. The van der Waals surface area contributed by atoms with Gasteiger partial charge in [0.2, 0.25) is 11.8 Å². The van der Waals surface area contributed by atoms with Crippen LogP contribution >= 0.6 is 39.1 Å². The number of anilines is 1. The fraction of sp³-hybridized carbons (Fsp3) is 0.524. The summed E-state index contributed by atoms with van der Waals surface area (Å²) < 4.78 is 5.93. The van der Waals surface area contributed by atoms with E-state index in [0.29, 0.717) is 12.1 Å². The van der Waals surface area contributed by atoms with Gasteiger partial charge in [-0.1, -0.05) is 15.9 Å². The molecule has 7 nitrogen and oxygen atoms in total. The third kappa shape index (κ3) is 3.87. The number of nitrogens with one attached hydrogen (secondary N) is 1. The Kier molecular flexibility index (Phi) is 6.09. The maximum Gasteiger partial charge on any atom is 0.326 e. The molecule has 1 N–H and O–H groups in total. The third-order valence-corrected chi connectivity index (χ3v) is 8.68. The van der Waals surface area contributed by atoms with E-state index >= 15 is 0 Å². The number of benzene rings is 1. The lowest BCUT2D eigenvalue weighted by atomic mass is 9.80. The molecule has 2 saturated carbocycles. The monoisotopic (exact) mass is 530 g/mol. The van der Waals surface area contributed by atoms with Crippen molar-refractivity contribution >= 4 is 68.5 Å². The van der Waals surface area contributed by atoms with Gasteiger partial charge in [-0.3, -0.25) is 24.1 Å². The van der Waals surface area contributed by atoms with Gasteiger partial charge in [-0.25, -0.2) is 0 Å². The highest BCUT2D eigenvalue weighted by atomic mass is 79.9. The third-order valence-electron chi connectivity index (χ3n) is 6.51. The number of fused-ring (bicyclic) bond motifs is 5. The molecule has 2 aliphatic carbocycles. The molecule has 1 saturated heterocycles. The van der Waals surface area contributed by atoms with E-state index in [9.17, 15) is 19.2 Å². The number of amides is 3. The van der Waals surface area contributed by atoms with Crippen LogP contribution in [0.4, 0.5) is 5.69 Å². The smallest absolute Gasteiger partial charge is 0.326 e. The topological polar surface area (TPSA) is 92.8 Å². The summed E-state index contributed by atoms with van der Waals surface area (Å²) in [5.41, 5.74) is 2.41. The van der Waals surface area contributed by atoms with Gasteiger partial charge in [0.05, 0.1) is 22.6 Å². The molecule has 3 fully saturated rings. The highest BCUT2D eigenvalue weighted by molar-refractivity contribution is 9.10. The Morgan fingerprint density at radius 1 is 1.10 bits per heavy atom. The van der Waals surface area contributed by atoms with E-state index in [1.165, 1.54) is 0 Å². The van der Waals surface area contributed by atoms with Crippen molar-refractivity contribution in [2.75, 3.05) is 18.5 Å². The molecule has 3 aliphatic rings. The molecule has 1 aromatic carbocycles. The summed E-state index contributed by atoms with van der Waals surface area (Å²) in [7, 11) is 0. The number of halogens is 3. The second kappa shape index (κ2) is 8.37. The van der Waals surface area contributed by atoms with Crippen LogP contribution in [0.15, 0.2) is 16.6 Å². The summed E-state index contributed by atoms with van der Waals surface area (Å²) in [6.07, 6.45) is 0.655. The predicted molar refractivity (Wildman–Crippen MR) is 118 cm³/mol. The number of nitrogens with zero attached hydrogens (tertiary/aromatic N) is 1. The van der Waals surface area contributed by atoms with Crippen LogP contribution in [0.1, 0.15) is 17.5 Å². The average Bonchev–Trinajstić information content (AvgIpc) is 3.31. The summed E-state index contributed by atoms with van der Waals surface area (Å²) in [6, 6.07) is 3.68. The molecule has 1 heterocycles. The van der Waals surface area contributed by atoms with Gasteiger partial charge in [0.1, 0.15) is 6.54 Å². The second-order valence-electron chi connectivity index (χ2n) is 8.39. The zero-order valence-electron chi connectivity index (χ0n) is 16.9. The van der Waals surface area contributed by atoms with Crippen LogP contribution in [-0.4, -0.2) is 52.5 Å². The molecule has 4 rings (SSSR count). The number of imide groups is 1. The van der Waals surface area contributed by atoms with Crippen molar-refractivity contribution in [2.24, 2.45) is 23.7 Å². The van der Waals surface area contributed by atoms with E-state index in [1.54, 1.807) is 0 Å². The molecule has 1 aromatic rings. The van der Waals surface area contributed by atoms with Crippen molar-refractivity contribution < 1.29 is 23.9 Å². The number of esters is 1. The van der Waals surface area contributed by atoms with Crippen LogP contribution in [0.25, 0.3) is 0 Å². The number of hydrogen-bond acceptors (Lipinski definition) is 5. The van der Waals surface area contributed by atoms with E-state index in [2.05, 4.69) is 21.2 Å². The number of likely N-dealkylation sites (tertiary alicyclic amines) is 1. The maximum atomic E-state index is 12.8. The van der Waals surface area contributed by atoms with Crippen LogP contribution in [0.3, 0.4) is 0 Å². The number of carbonyl (C=O) groups excluding carboxylic acids is 4. The van der Waals surface area contributed by atoms with Crippen molar-refractivity contribution in [3.63, 3.8) is 0 Å². The molecular formula is C21H21BrCl2N2O5.